The molecule has 0 fully saturated rings. The summed E-state index contributed by atoms with van der Waals surface area (Å²) in [6.45, 7) is 4.14. The Labute approximate surface area is 120 Å². The summed E-state index contributed by atoms with van der Waals surface area (Å²) in [5.41, 5.74) is 4.55. The highest BCUT2D eigenvalue weighted by atomic mass is 32.1. The number of nitrogens with one attached hydrogen (secondary N) is 1. The number of aryl methyl sites for hydroxylation is 2. The molecule has 3 rings (SSSR count). The Morgan fingerprint density at radius 2 is 2.15 bits per heavy atom. The number of aromatic nitrogens is 3. The van der Waals surface area contributed by atoms with Gasteiger partial charge in [-0.05, 0) is 37.1 Å². The van der Waals surface area contributed by atoms with Crippen LogP contribution in [-0.4, -0.2) is 15.0 Å². The summed E-state index contributed by atoms with van der Waals surface area (Å²) in [5, 5.41) is 0.964. The Hall–Kier alpha value is -2.05. The van der Waals surface area contributed by atoms with Gasteiger partial charge >= 0.3 is 0 Å². The summed E-state index contributed by atoms with van der Waals surface area (Å²) in [7, 11) is 0. The van der Waals surface area contributed by atoms with Crippen LogP contribution in [0.5, 0.6) is 0 Å². The van der Waals surface area contributed by atoms with E-state index in [-0.39, 0.29) is 0 Å². The average molecular weight is 285 g/mol. The number of nitrogen functional groups attached to an aromatic ring is 1. The van der Waals surface area contributed by atoms with E-state index in [1.165, 1.54) is 4.88 Å². The lowest BCUT2D eigenvalue weighted by atomic mass is 10.2. The Morgan fingerprint density at radius 3 is 2.85 bits per heavy atom. The number of rotatable bonds is 3. The van der Waals surface area contributed by atoms with Crippen LogP contribution in [-0.2, 0) is 6.42 Å². The van der Waals surface area contributed by atoms with Crippen molar-refractivity contribution in [2.45, 2.75) is 20.3 Å². The number of hydrogen-bond donors (Lipinski definition) is 2. The van der Waals surface area contributed by atoms with Crippen molar-refractivity contribution in [3.8, 4) is 11.5 Å². The lowest BCUT2D eigenvalue weighted by molar-refractivity contribution is 1.15. The van der Waals surface area contributed by atoms with Gasteiger partial charge in [-0.3, -0.25) is 4.98 Å². The molecule has 0 unspecified atom stereocenters. The van der Waals surface area contributed by atoms with Gasteiger partial charge < -0.3 is 5.43 Å². The van der Waals surface area contributed by atoms with E-state index in [4.69, 9.17) is 5.84 Å². The molecule has 0 aromatic carbocycles. The van der Waals surface area contributed by atoms with Crippen molar-refractivity contribution in [3.05, 3.63) is 34.8 Å². The third-order valence-corrected chi connectivity index (χ3v) is 4.25. The van der Waals surface area contributed by atoms with Crippen LogP contribution in [0.3, 0.4) is 0 Å². The van der Waals surface area contributed by atoms with E-state index in [0.717, 1.165) is 27.9 Å². The first-order chi connectivity index (χ1) is 9.71. The summed E-state index contributed by atoms with van der Waals surface area (Å²) in [4.78, 5) is 15.6. The van der Waals surface area contributed by atoms with E-state index in [9.17, 15) is 0 Å². The highest BCUT2D eigenvalue weighted by molar-refractivity contribution is 7.18. The molecule has 20 heavy (non-hydrogen) atoms. The molecule has 0 radical (unpaired) electrons. The molecule has 0 aliphatic carbocycles. The second kappa shape index (κ2) is 5.15. The molecule has 0 atom stereocenters. The minimum atomic E-state index is 0.596. The zero-order valence-electron chi connectivity index (χ0n) is 11.3. The summed E-state index contributed by atoms with van der Waals surface area (Å²) >= 11 is 1.67. The van der Waals surface area contributed by atoms with Crippen molar-refractivity contribution in [2.75, 3.05) is 5.43 Å². The van der Waals surface area contributed by atoms with Gasteiger partial charge in [0.25, 0.3) is 0 Å². The molecule has 0 spiro atoms. The maximum absolute atomic E-state index is 5.59. The fourth-order valence-electron chi connectivity index (χ4n) is 2.03. The molecule has 3 aromatic rings. The van der Waals surface area contributed by atoms with Crippen LogP contribution in [0.25, 0.3) is 21.7 Å². The molecule has 0 saturated carbocycles. The maximum atomic E-state index is 5.59. The van der Waals surface area contributed by atoms with Crippen LogP contribution < -0.4 is 11.3 Å². The second-order valence-electron chi connectivity index (χ2n) is 4.54. The SMILES string of the molecule is CCc1cc2c(NN)nc(-c3cc(C)ccn3)nc2s1. The van der Waals surface area contributed by atoms with Crippen molar-refractivity contribution in [1.29, 1.82) is 0 Å². The predicted octanol–water partition coefficient (Wildman–Crippen LogP) is 2.91. The summed E-state index contributed by atoms with van der Waals surface area (Å²) in [5.74, 6) is 6.83. The minimum Gasteiger partial charge on any atom is -0.308 e. The van der Waals surface area contributed by atoms with Gasteiger partial charge in [-0.2, -0.15) is 0 Å². The van der Waals surface area contributed by atoms with Gasteiger partial charge in [0.05, 0.1) is 5.39 Å². The van der Waals surface area contributed by atoms with Crippen LogP contribution in [0, 0.1) is 6.92 Å². The molecule has 0 aliphatic heterocycles. The first-order valence-corrected chi connectivity index (χ1v) is 7.23. The lowest BCUT2D eigenvalue weighted by Gasteiger charge is -2.05. The van der Waals surface area contributed by atoms with Crippen molar-refractivity contribution in [2.24, 2.45) is 5.84 Å². The highest BCUT2D eigenvalue weighted by Gasteiger charge is 2.12. The van der Waals surface area contributed by atoms with Crippen LogP contribution in [0.1, 0.15) is 17.4 Å². The van der Waals surface area contributed by atoms with Gasteiger partial charge in [-0.15, -0.1) is 11.3 Å². The first-order valence-electron chi connectivity index (χ1n) is 6.41. The van der Waals surface area contributed by atoms with Crippen LogP contribution in [0.15, 0.2) is 24.4 Å². The molecule has 102 valence electrons. The Morgan fingerprint density at radius 1 is 1.30 bits per heavy atom. The fourth-order valence-corrected chi connectivity index (χ4v) is 3.00. The summed E-state index contributed by atoms with van der Waals surface area (Å²) in [6, 6.07) is 6.00. The maximum Gasteiger partial charge on any atom is 0.181 e. The van der Waals surface area contributed by atoms with Gasteiger partial charge in [-0.25, -0.2) is 15.8 Å². The molecule has 3 heterocycles. The zero-order chi connectivity index (χ0) is 14.1. The van der Waals surface area contributed by atoms with Crippen molar-refractivity contribution in [3.63, 3.8) is 0 Å². The number of hydrogen-bond acceptors (Lipinski definition) is 6. The zero-order valence-corrected chi connectivity index (χ0v) is 12.2. The monoisotopic (exact) mass is 285 g/mol. The van der Waals surface area contributed by atoms with Crippen molar-refractivity contribution < 1.29 is 0 Å². The van der Waals surface area contributed by atoms with Crippen LogP contribution in [0.2, 0.25) is 0 Å². The predicted molar refractivity (Wildman–Crippen MR) is 82.6 cm³/mol. The van der Waals surface area contributed by atoms with E-state index < -0.39 is 0 Å². The topological polar surface area (TPSA) is 76.7 Å². The van der Waals surface area contributed by atoms with Crippen LogP contribution in [0.4, 0.5) is 5.82 Å². The van der Waals surface area contributed by atoms with E-state index in [0.29, 0.717) is 11.6 Å². The average Bonchev–Trinajstić information content (AvgIpc) is 2.89. The number of anilines is 1. The normalized spacial score (nSPS) is 10.9. The number of nitrogens with zero attached hydrogens (tertiary/aromatic N) is 3. The molecular formula is C14H15N5S. The standard InChI is InChI=1S/C14H15N5S/c1-3-9-7-10-12(19-15)17-13(18-14(10)20-9)11-6-8(2)4-5-16-11/h4-7H,3,15H2,1-2H3,(H,17,18,19). The van der Waals surface area contributed by atoms with Gasteiger partial charge in [0.2, 0.25) is 0 Å². The molecule has 0 aliphatic rings. The smallest absolute Gasteiger partial charge is 0.181 e. The fraction of sp³-hybridized carbons (Fsp3) is 0.214. The molecule has 0 saturated heterocycles. The van der Waals surface area contributed by atoms with Gasteiger partial charge in [0, 0.05) is 11.1 Å². The van der Waals surface area contributed by atoms with E-state index in [1.54, 1.807) is 17.5 Å². The molecule has 3 N–H and O–H groups in total. The van der Waals surface area contributed by atoms with E-state index >= 15 is 0 Å². The Balaban J connectivity index is 2.21. The Kier molecular flexibility index (Phi) is 3.33. The lowest BCUT2D eigenvalue weighted by Crippen LogP contribution is -2.10. The van der Waals surface area contributed by atoms with Gasteiger partial charge in [-0.1, -0.05) is 6.92 Å². The first kappa shape index (κ1) is 13.0. The number of fused-ring (bicyclic) bond motifs is 1. The molecule has 6 heteroatoms. The third kappa shape index (κ3) is 2.23. The molecule has 3 aromatic heterocycles. The number of pyridine rings is 1. The number of thiophene rings is 1. The summed E-state index contributed by atoms with van der Waals surface area (Å²) in [6.07, 6.45) is 2.74. The van der Waals surface area contributed by atoms with Crippen molar-refractivity contribution in [1.82, 2.24) is 15.0 Å². The van der Waals surface area contributed by atoms with Crippen LogP contribution >= 0.6 is 11.3 Å². The Bertz CT molecular complexity index is 765. The molecule has 5 nitrogen and oxygen atoms in total. The second-order valence-corrected chi connectivity index (χ2v) is 5.66. The minimum absolute atomic E-state index is 0.596. The highest BCUT2D eigenvalue weighted by Crippen LogP contribution is 2.30. The number of nitrogens with two attached hydrogens (primary N) is 1. The molecule has 0 bridgehead atoms. The van der Waals surface area contributed by atoms with E-state index in [2.05, 4.69) is 33.4 Å². The van der Waals surface area contributed by atoms with Crippen molar-refractivity contribution >= 4 is 27.4 Å². The molecule has 0 amide bonds. The van der Waals surface area contributed by atoms with E-state index in [1.807, 2.05) is 19.1 Å². The quantitative estimate of drug-likeness (QED) is 0.571. The van der Waals surface area contributed by atoms with Gasteiger partial charge in [0.15, 0.2) is 11.6 Å². The third-order valence-electron chi connectivity index (χ3n) is 3.07. The largest absolute Gasteiger partial charge is 0.308 e. The van der Waals surface area contributed by atoms with Gasteiger partial charge in [0.1, 0.15) is 10.5 Å². The summed E-state index contributed by atoms with van der Waals surface area (Å²) < 4.78 is 0. The number of hydrazine groups is 1. The molecular weight excluding hydrogens is 270 g/mol.